The van der Waals surface area contributed by atoms with Crippen molar-refractivity contribution < 1.29 is 36.6 Å². The Balaban J connectivity index is 1.58. The van der Waals surface area contributed by atoms with Gasteiger partial charge in [-0.2, -0.15) is 17.6 Å². The topological polar surface area (TPSA) is 44.8 Å². The van der Waals surface area contributed by atoms with Gasteiger partial charge in [-0.15, -0.1) is 0 Å². The lowest BCUT2D eigenvalue weighted by atomic mass is 9.89. The van der Waals surface area contributed by atoms with Crippen LogP contribution in [0.25, 0.3) is 16.7 Å². The minimum Gasteiger partial charge on any atom is -0.497 e. The number of halogens is 4. The minimum absolute atomic E-state index is 0.00973. The van der Waals surface area contributed by atoms with Gasteiger partial charge in [-0.3, -0.25) is 4.79 Å². The molecule has 0 unspecified atom stereocenters. The molecule has 0 spiro atoms. The van der Waals surface area contributed by atoms with Crippen LogP contribution >= 0.6 is 0 Å². The molecule has 3 aliphatic carbocycles. The Kier molecular flexibility index (Phi) is 6.77. The number of carbonyl (C=O) groups excluding carboxylic acids is 1. The van der Waals surface area contributed by atoms with Crippen LogP contribution in [0, 0.1) is 0 Å². The van der Waals surface area contributed by atoms with Crippen molar-refractivity contribution in [2.75, 3.05) is 21.3 Å². The van der Waals surface area contributed by atoms with Crippen LogP contribution in [-0.4, -0.2) is 39.0 Å². The van der Waals surface area contributed by atoms with Crippen molar-refractivity contribution >= 4 is 22.5 Å². The maximum atomic E-state index is 15.9. The zero-order chi connectivity index (χ0) is 32.4. The second kappa shape index (κ2) is 10.6. The summed E-state index contributed by atoms with van der Waals surface area (Å²) < 4.78 is 78.2. The van der Waals surface area contributed by atoms with Crippen molar-refractivity contribution in [3.05, 3.63) is 153 Å². The van der Waals surface area contributed by atoms with E-state index in [1.165, 1.54) is 21.3 Å². The number of fused-ring (bicyclic) bond motifs is 4. The van der Waals surface area contributed by atoms with E-state index in [0.29, 0.717) is 61.8 Å². The summed E-state index contributed by atoms with van der Waals surface area (Å²) in [6.07, 6.45) is 1.58. The quantitative estimate of drug-likeness (QED) is 0.194. The van der Waals surface area contributed by atoms with Gasteiger partial charge < -0.3 is 14.2 Å². The van der Waals surface area contributed by atoms with Gasteiger partial charge in [0.05, 0.1) is 21.3 Å². The molecule has 7 rings (SSSR count). The Morgan fingerprint density at radius 1 is 0.565 bits per heavy atom. The summed E-state index contributed by atoms with van der Waals surface area (Å²) >= 11 is 0. The smallest absolute Gasteiger partial charge is 0.376 e. The Labute approximate surface area is 262 Å². The van der Waals surface area contributed by atoms with Gasteiger partial charge in [0.25, 0.3) is 0 Å². The summed E-state index contributed by atoms with van der Waals surface area (Å²) in [5.41, 5.74) is 2.66. The molecule has 0 bridgehead atoms. The third-order valence-corrected chi connectivity index (χ3v) is 8.69. The summed E-state index contributed by atoms with van der Waals surface area (Å²) in [5.74, 6) is -9.76. The Hall–Kier alpha value is -5.37. The SMILES string of the molecule is COc1ccc(C(=CC2=C3C(=O)C(F)(F)C(F)(F)C3=C3C2=C(c2ccc(OC)cc2)c2ccccc23)c2ccc(OC)cc2)cc1. The average molecular weight is 623 g/mol. The number of alkyl halides is 4. The number of methoxy groups -OCH3 is 3. The van der Waals surface area contributed by atoms with Crippen molar-refractivity contribution in [2.45, 2.75) is 11.8 Å². The van der Waals surface area contributed by atoms with Crippen molar-refractivity contribution in [3.8, 4) is 17.2 Å². The highest BCUT2D eigenvalue weighted by atomic mass is 19.3. The fraction of sp³-hybridized carbons (Fsp3) is 0.132. The molecule has 0 aliphatic heterocycles. The second-order valence-electron chi connectivity index (χ2n) is 11.1. The van der Waals surface area contributed by atoms with Crippen LogP contribution in [-0.2, 0) is 4.79 Å². The summed E-state index contributed by atoms with van der Waals surface area (Å²) in [6, 6.07) is 28.0. The summed E-state index contributed by atoms with van der Waals surface area (Å²) in [5, 5.41) is 0. The third-order valence-electron chi connectivity index (χ3n) is 8.69. The van der Waals surface area contributed by atoms with Crippen LogP contribution < -0.4 is 14.2 Å². The summed E-state index contributed by atoms with van der Waals surface area (Å²) in [4.78, 5) is 13.4. The highest BCUT2D eigenvalue weighted by molar-refractivity contribution is 6.23. The molecule has 0 aromatic heterocycles. The van der Waals surface area contributed by atoms with Gasteiger partial charge in [-0.1, -0.05) is 60.7 Å². The molecule has 1 saturated carbocycles. The predicted octanol–water partition coefficient (Wildman–Crippen LogP) is 8.58. The van der Waals surface area contributed by atoms with Crippen molar-refractivity contribution in [1.29, 1.82) is 0 Å². The van der Waals surface area contributed by atoms with Gasteiger partial charge in [-0.05, 0) is 92.6 Å². The highest BCUT2D eigenvalue weighted by Crippen LogP contribution is 2.64. The maximum Gasteiger partial charge on any atom is 0.376 e. The number of Topliss-reactive ketones (excluding diaryl/α,β-unsaturated/α-hetero) is 1. The Morgan fingerprint density at radius 2 is 1.02 bits per heavy atom. The highest BCUT2D eigenvalue weighted by Gasteiger charge is 2.74. The first kappa shape index (κ1) is 29.3. The van der Waals surface area contributed by atoms with Crippen molar-refractivity contribution in [3.63, 3.8) is 0 Å². The summed E-state index contributed by atoms with van der Waals surface area (Å²) in [6.45, 7) is 0. The molecule has 3 aliphatic rings. The Bertz CT molecular complexity index is 1980. The van der Waals surface area contributed by atoms with E-state index in [0.717, 1.165) is 0 Å². The first-order valence-electron chi connectivity index (χ1n) is 14.4. The number of benzene rings is 4. The van der Waals surface area contributed by atoms with Gasteiger partial charge >= 0.3 is 11.8 Å². The zero-order valence-electron chi connectivity index (χ0n) is 25.0. The monoisotopic (exact) mass is 622 g/mol. The number of ketones is 1. The van der Waals surface area contributed by atoms with E-state index in [2.05, 4.69) is 0 Å². The van der Waals surface area contributed by atoms with E-state index in [1.54, 1.807) is 103 Å². The first-order valence-corrected chi connectivity index (χ1v) is 14.4. The van der Waals surface area contributed by atoms with E-state index in [4.69, 9.17) is 14.2 Å². The molecule has 4 aromatic rings. The molecule has 0 heterocycles. The van der Waals surface area contributed by atoms with E-state index < -0.39 is 28.8 Å². The van der Waals surface area contributed by atoms with Crippen LogP contribution in [0.2, 0.25) is 0 Å². The number of hydrogen-bond donors (Lipinski definition) is 0. The molecule has 0 amide bonds. The Morgan fingerprint density at radius 3 is 1.50 bits per heavy atom. The molecule has 0 N–H and O–H groups in total. The van der Waals surface area contributed by atoms with Gasteiger partial charge in [0.15, 0.2) is 0 Å². The van der Waals surface area contributed by atoms with Crippen LogP contribution in [0.4, 0.5) is 17.6 Å². The largest absolute Gasteiger partial charge is 0.497 e. The lowest BCUT2D eigenvalue weighted by Gasteiger charge is -2.19. The van der Waals surface area contributed by atoms with Gasteiger partial charge in [-0.25, -0.2) is 0 Å². The number of ether oxygens (including phenoxy) is 3. The number of hydrogen-bond acceptors (Lipinski definition) is 4. The molecule has 230 valence electrons. The number of carbonyl (C=O) groups is 1. The third kappa shape index (κ3) is 4.16. The van der Waals surface area contributed by atoms with Crippen molar-refractivity contribution in [2.24, 2.45) is 0 Å². The molecule has 4 aromatic carbocycles. The molecular weight excluding hydrogens is 596 g/mol. The normalized spacial score (nSPS) is 17.2. The molecule has 0 saturated heterocycles. The zero-order valence-corrected chi connectivity index (χ0v) is 25.0. The molecule has 8 heteroatoms. The van der Waals surface area contributed by atoms with E-state index in [9.17, 15) is 4.79 Å². The lowest BCUT2D eigenvalue weighted by molar-refractivity contribution is -0.178. The minimum atomic E-state index is -4.91. The van der Waals surface area contributed by atoms with E-state index in [-0.39, 0.29) is 11.1 Å². The molecule has 4 nitrogen and oxygen atoms in total. The van der Waals surface area contributed by atoms with Gasteiger partial charge in [0.1, 0.15) is 17.2 Å². The second-order valence-corrected chi connectivity index (χ2v) is 11.1. The van der Waals surface area contributed by atoms with Crippen LogP contribution in [0.3, 0.4) is 0 Å². The van der Waals surface area contributed by atoms with E-state index >= 15 is 17.6 Å². The lowest BCUT2D eigenvalue weighted by Crippen LogP contribution is -2.40. The molecular formula is C38H26F4O4. The standard InChI is InChI=1S/C38H26F4O4/c1-44-24-14-8-21(9-15-24)29(22-10-16-25(45-2)17-11-22)20-30-32-31(23-12-18-26(46-3)19-13-23)27-6-4-5-7-28(27)33(32)35-34(30)36(43)38(41,42)37(35,39)40/h4-20H,1-3H3. The number of rotatable bonds is 7. The maximum absolute atomic E-state index is 15.9. The predicted molar refractivity (Wildman–Crippen MR) is 167 cm³/mol. The number of allylic oxidation sites excluding steroid dienone is 6. The van der Waals surface area contributed by atoms with Crippen LogP contribution in [0.1, 0.15) is 27.8 Å². The molecule has 1 fully saturated rings. The van der Waals surface area contributed by atoms with Gasteiger partial charge in [0.2, 0.25) is 5.78 Å². The molecule has 0 atom stereocenters. The molecule has 0 radical (unpaired) electrons. The van der Waals surface area contributed by atoms with Gasteiger partial charge in [0, 0.05) is 16.7 Å². The fourth-order valence-electron chi connectivity index (χ4n) is 6.45. The fourth-order valence-corrected chi connectivity index (χ4v) is 6.45. The molecule has 46 heavy (non-hydrogen) atoms. The average Bonchev–Trinajstić information content (AvgIpc) is 3.63. The first-order chi connectivity index (χ1) is 22.1. The van der Waals surface area contributed by atoms with Crippen LogP contribution in [0.15, 0.2) is 125 Å². The van der Waals surface area contributed by atoms with Crippen molar-refractivity contribution in [1.82, 2.24) is 0 Å². The van der Waals surface area contributed by atoms with Crippen LogP contribution in [0.5, 0.6) is 17.2 Å². The van der Waals surface area contributed by atoms with E-state index in [1.807, 2.05) is 0 Å². The summed E-state index contributed by atoms with van der Waals surface area (Å²) in [7, 11) is 4.60.